The number of hydrogen-bond acceptors (Lipinski definition) is 4. The molecule has 4 rings (SSSR count). The van der Waals surface area contributed by atoms with E-state index in [9.17, 15) is 17.6 Å². The Morgan fingerprint density at radius 2 is 1.62 bits per heavy atom. The van der Waals surface area contributed by atoms with Crippen molar-refractivity contribution in [3.05, 3.63) is 93.7 Å². The van der Waals surface area contributed by atoms with E-state index in [0.717, 1.165) is 35.6 Å². The smallest absolute Gasteiger partial charge is 0.264 e. The molecule has 3 aromatic carbocycles. The zero-order valence-electron chi connectivity index (χ0n) is 22.1. The lowest BCUT2D eigenvalue weighted by Crippen LogP contribution is -2.40. The highest BCUT2D eigenvalue weighted by molar-refractivity contribution is 7.92. The van der Waals surface area contributed by atoms with Crippen molar-refractivity contribution in [2.75, 3.05) is 25.4 Å². The third-order valence-corrected chi connectivity index (χ3v) is 9.84. The van der Waals surface area contributed by atoms with Crippen LogP contribution in [0.25, 0.3) is 0 Å². The molecule has 0 spiro atoms. The summed E-state index contributed by atoms with van der Waals surface area (Å²) in [6.45, 7) is 0. The van der Waals surface area contributed by atoms with Crippen LogP contribution >= 0.6 is 23.2 Å². The minimum absolute atomic E-state index is 0.0262. The number of carbonyl (C=O) groups is 1. The quantitative estimate of drug-likeness (QED) is 0.322. The maximum absolute atomic E-state index is 13.9. The molecular weight excluding hydrogens is 560 g/mol. The molecule has 3 aromatic rings. The van der Waals surface area contributed by atoms with E-state index < -0.39 is 10.0 Å². The Morgan fingerprint density at radius 1 is 0.923 bits per heavy atom. The van der Waals surface area contributed by atoms with Gasteiger partial charge in [-0.25, -0.2) is 12.8 Å². The van der Waals surface area contributed by atoms with Crippen LogP contribution in [0.2, 0.25) is 10.0 Å². The number of sulfonamides is 1. The van der Waals surface area contributed by atoms with Gasteiger partial charge in [0.1, 0.15) is 5.82 Å². The Balaban J connectivity index is 1.46. The summed E-state index contributed by atoms with van der Waals surface area (Å²) in [6, 6.07) is 17.5. The van der Waals surface area contributed by atoms with E-state index in [1.54, 1.807) is 36.4 Å². The van der Waals surface area contributed by atoms with Crippen LogP contribution in [0.3, 0.4) is 0 Å². The van der Waals surface area contributed by atoms with Gasteiger partial charge in [-0.15, -0.1) is 0 Å². The fourth-order valence-corrected chi connectivity index (χ4v) is 6.99. The lowest BCUT2D eigenvalue weighted by Gasteiger charge is -2.38. The topological polar surface area (TPSA) is 69.7 Å². The van der Waals surface area contributed by atoms with Crippen LogP contribution in [0, 0.1) is 11.7 Å². The van der Waals surface area contributed by atoms with E-state index >= 15 is 0 Å². The van der Waals surface area contributed by atoms with Crippen LogP contribution in [-0.2, 0) is 10.0 Å². The second kappa shape index (κ2) is 12.3. The summed E-state index contributed by atoms with van der Waals surface area (Å²) in [6.07, 6.45) is 3.29. The number of nitrogens with one attached hydrogen (secondary N) is 1. The maximum Gasteiger partial charge on any atom is 0.264 e. The molecule has 0 saturated heterocycles. The van der Waals surface area contributed by atoms with Gasteiger partial charge in [-0.05, 0) is 93.7 Å². The Labute approximate surface area is 239 Å². The molecule has 0 heterocycles. The van der Waals surface area contributed by atoms with Gasteiger partial charge in [0.05, 0.1) is 26.2 Å². The van der Waals surface area contributed by atoms with Crippen LogP contribution in [-0.4, -0.2) is 46.4 Å². The lowest BCUT2D eigenvalue weighted by molar-refractivity contribution is 0.0907. The van der Waals surface area contributed by atoms with Gasteiger partial charge in [0, 0.05) is 19.1 Å². The second-order valence-corrected chi connectivity index (χ2v) is 12.9. The van der Waals surface area contributed by atoms with Gasteiger partial charge in [0.25, 0.3) is 15.9 Å². The van der Waals surface area contributed by atoms with Crippen molar-refractivity contribution in [2.24, 2.45) is 5.92 Å². The molecule has 1 saturated carbocycles. The van der Waals surface area contributed by atoms with Crippen LogP contribution in [0.1, 0.15) is 47.6 Å². The number of nitrogens with zero attached hydrogens (tertiary/aromatic N) is 2. The summed E-state index contributed by atoms with van der Waals surface area (Å²) in [4.78, 5) is 15.5. The number of hydrogen-bond donors (Lipinski definition) is 1. The summed E-state index contributed by atoms with van der Waals surface area (Å²) < 4.78 is 41.6. The lowest BCUT2D eigenvalue weighted by atomic mass is 9.78. The van der Waals surface area contributed by atoms with E-state index in [-0.39, 0.29) is 50.0 Å². The fourth-order valence-electron chi connectivity index (χ4n) is 5.39. The van der Waals surface area contributed by atoms with Crippen molar-refractivity contribution >= 4 is 44.8 Å². The van der Waals surface area contributed by atoms with Crippen LogP contribution < -0.4 is 9.62 Å². The van der Waals surface area contributed by atoms with Gasteiger partial charge < -0.3 is 10.2 Å². The van der Waals surface area contributed by atoms with Gasteiger partial charge in [-0.2, -0.15) is 0 Å². The van der Waals surface area contributed by atoms with Crippen molar-refractivity contribution in [3.8, 4) is 0 Å². The molecule has 1 unspecified atom stereocenters. The molecule has 1 amide bonds. The predicted molar refractivity (Wildman–Crippen MR) is 155 cm³/mol. The molecule has 1 N–H and O–H groups in total. The monoisotopic (exact) mass is 591 g/mol. The van der Waals surface area contributed by atoms with Crippen molar-refractivity contribution in [1.82, 2.24) is 10.2 Å². The van der Waals surface area contributed by atoms with E-state index in [1.165, 1.54) is 31.3 Å². The van der Waals surface area contributed by atoms with Crippen molar-refractivity contribution < 1.29 is 17.6 Å². The summed E-state index contributed by atoms with van der Waals surface area (Å²) >= 11 is 12.0. The van der Waals surface area contributed by atoms with Crippen LogP contribution in [0.4, 0.5) is 10.1 Å². The average Bonchev–Trinajstić information content (AvgIpc) is 2.90. The third kappa shape index (κ3) is 6.57. The minimum atomic E-state index is -4.00. The molecule has 6 nitrogen and oxygen atoms in total. The fraction of sp³-hybridized carbons (Fsp3) is 0.345. The first-order valence-electron chi connectivity index (χ1n) is 12.7. The molecular formula is C29H32Cl2FN3O3S. The molecule has 0 aromatic heterocycles. The molecule has 0 bridgehead atoms. The van der Waals surface area contributed by atoms with Gasteiger partial charge in [-0.1, -0.05) is 47.5 Å². The van der Waals surface area contributed by atoms with E-state index in [2.05, 4.69) is 10.2 Å². The zero-order chi connectivity index (χ0) is 28.3. The molecule has 0 aliphatic heterocycles. The molecule has 1 aliphatic rings. The first-order valence-corrected chi connectivity index (χ1v) is 14.9. The summed E-state index contributed by atoms with van der Waals surface area (Å²) in [5.41, 5.74) is 1.47. The maximum atomic E-state index is 13.9. The Hall–Kier alpha value is -2.65. The normalized spacial score (nSPS) is 18.5. The molecule has 0 radical (unpaired) electrons. The third-order valence-electron chi connectivity index (χ3n) is 7.34. The number of anilines is 1. The number of amides is 1. The Kier molecular flexibility index (Phi) is 9.21. The minimum Gasteiger partial charge on any atom is -0.349 e. The molecule has 208 valence electrons. The highest BCUT2D eigenvalue weighted by atomic mass is 35.5. The van der Waals surface area contributed by atoms with Crippen molar-refractivity contribution in [1.29, 1.82) is 0 Å². The predicted octanol–water partition coefficient (Wildman–Crippen LogP) is 6.55. The molecule has 1 atom stereocenters. The van der Waals surface area contributed by atoms with Crippen molar-refractivity contribution in [3.63, 3.8) is 0 Å². The second-order valence-electron chi connectivity index (χ2n) is 10.1. The summed E-state index contributed by atoms with van der Waals surface area (Å²) in [5.74, 6) is -0.255. The first-order chi connectivity index (χ1) is 18.5. The van der Waals surface area contributed by atoms with Gasteiger partial charge >= 0.3 is 0 Å². The van der Waals surface area contributed by atoms with Crippen molar-refractivity contribution in [2.45, 2.75) is 42.7 Å². The first kappa shape index (κ1) is 29.3. The SMILES string of the molecule is CN(C)C(c1cccc(F)c1)C1CCC(NC(=O)c2ccccc2N(C)S(=O)(=O)c2ccc(Cl)c(Cl)c2)CC1. The Morgan fingerprint density at radius 3 is 2.26 bits per heavy atom. The van der Waals surface area contributed by atoms with Gasteiger partial charge in [0.2, 0.25) is 0 Å². The number of benzene rings is 3. The number of carbonyl (C=O) groups excluding carboxylic acids is 1. The van der Waals surface area contributed by atoms with Crippen LogP contribution in [0.5, 0.6) is 0 Å². The van der Waals surface area contributed by atoms with Gasteiger partial charge in [-0.3, -0.25) is 9.10 Å². The molecule has 1 fully saturated rings. The van der Waals surface area contributed by atoms with E-state index in [4.69, 9.17) is 23.2 Å². The summed E-state index contributed by atoms with van der Waals surface area (Å²) in [5, 5.41) is 3.48. The molecule has 1 aliphatic carbocycles. The standard InChI is InChI=1S/C29H32Cl2FN3O3S/c1-34(2)28(20-7-6-8-21(32)17-20)19-11-13-22(14-12-19)33-29(36)24-9-4-5-10-27(24)35(3)39(37,38)23-15-16-25(30)26(31)18-23/h4-10,15-19,22,28H,11-14H2,1-3H3,(H,33,36). The van der Waals surface area contributed by atoms with Crippen LogP contribution in [0.15, 0.2) is 71.6 Å². The average molecular weight is 593 g/mol. The number of para-hydroxylation sites is 1. The zero-order valence-corrected chi connectivity index (χ0v) is 24.4. The summed E-state index contributed by atoms with van der Waals surface area (Å²) in [7, 11) is 1.42. The highest BCUT2D eigenvalue weighted by Gasteiger charge is 2.32. The molecule has 10 heteroatoms. The molecule has 39 heavy (non-hydrogen) atoms. The number of rotatable bonds is 8. The Bertz CT molecular complexity index is 1440. The van der Waals surface area contributed by atoms with Gasteiger partial charge in [0.15, 0.2) is 0 Å². The largest absolute Gasteiger partial charge is 0.349 e. The highest BCUT2D eigenvalue weighted by Crippen LogP contribution is 2.38. The van der Waals surface area contributed by atoms with E-state index in [0.29, 0.717) is 5.92 Å². The number of halogens is 3. The van der Waals surface area contributed by atoms with E-state index in [1.807, 2.05) is 20.2 Å².